The van der Waals surface area contributed by atoms with E-state index in [1.165, 1.54) is 70.6 Å². The van der Waals surface area contributed by atoms with Crippen molar-refractivity contribution in [2.75, 3.05) is 7.11 Å². The van der Waals surface area contributed by atoms with Gasteiger partial charge in [-0.25, -0.2) is 0 Å². The number of benzene rings is 1. The van der Waals surface area contributed by atoms with Crippen molar-refractivity contribution >= 4 is 11.7 Å². The Morgan fingerprint density at radius 1 is 0.903 bits per heavy atom. The van der Waals surface area contributed by atoms with Crippen LogP contribution in [0.1, 0.15) is 118 Å². The van der Waals surface area contributed by atoms with Gasteiger partial charge in [-0.15, -0.1) is 0 Å². The maximum absolute atomic E-state index is 12.6. The summed E-state index contributed by atoms with van der Waals surface area (Å²) in [5, 5.41) is 9.92. The molecule has 0 radical (unpaired) electrons. The molecular weight excluding hydrogens is 390 g/mol. The number of methoxy groups -OCH3 is 1. The van der Waals surface area contributed by atoms with Crippen LogP contribution < -0.4 is 10.5 Å². The molecule has 0 saturated heterocycles. The normalized spacial score (nSPS) is 11.2. The molecule has 0 aliphatic rings. The fraction of sp³-hybridized carbons (Fsp3) is 0.615. The number of nitrogens with two attached hydrogens (primary N) is 1. The van der Waals surface area contributed by atoms with Crippen LogP contribution in [0.4, 0.5) is 0 Å². The zero-order chi connectivity index (χ0) is 22.9. The van der Waals surface area contributed by atoms with Gasteiger partial charge in [0.05, 0.1) is 18.2 Å². The molecule has 0 heterocycles. The third-order valence-electron chi connectivity index (χ3n) is 5.55. The monoisotopic (exact) mass is 431 g/mol. The number of amides is 1. The summed E-state index contributed by atoms with van der Waals surface area (Å²) in [5.41, 5.74) is 5.56. The number of unbranched alkanes of at least 4 members (excludes halogenated alkanes) is 11. The molecule has 1 amide bonds. The van der Waals surface area contributed by atoms with Gasteiger partial charge in [0.15, 0.2) is 17.3 Å². The van der Waals surface area contributed by atoms with Crippen LogP contribution in [0.15, 0.2) is 24.3 Å². The van der Waals surface area contributed by atoms with Gasteiger partial charge in [-0.2, -0.15) is 0 Å². The summed E-state index contributed by atoms with van der Waals surface area (Å²) < 4.78 is 5.13. The standard InChI is InChI=1S/C26H41NO4/c1-3-4-5-6-7-8-9-10-11-12-13-14-15-16-17-18-22(28)24-21(26(27)30)19-20-23(29)25(24)31-2/h10-11,19-20,29H,3-9,12-18H2,1-2H3,(H2,27,30)/b11-10-. The van der Waals surface area contributed by atoms with Crippen molar-refractivity contribution in [3.8, 4) is 11.5 Å². The molecular formula is C26H41NO4. The summed E-state index contributed by atoms with van der Waals surface area (Å²) in [4.78, 5) is 24.3. The molecule has 5 heteroatoms. The number of ketones is 1. The minimum absolute atomic E-state index is 0.0223. The highest BCUT2D eigenvalue weighted by Gasteiger charge is 2.22. The Kier molecular flexibility index (Phi) is 14.1. The van der Waals surface area contributed by atoms with Crippen molar-refractivity contribution in [2.45, 2.75) is 96.8 Å². The van der Waals surface area contributed by atoms with Crippen LogP contribution in [0.3, 0.4) is 0 Å². The molecule has 1 aromatic carbocycles. The number of rotatable bonds is 18. The number of hydrogen-bond donors (Lipinski definition) is 2. The second-order valence-corrected chi connectivity index (χ2v) is 8.16. The fourth-order valence-corrected chi connectivity index (χ4v) is 3.74. The Morgan fingerprint density at radius 2 is 1.45 bits per heavy atom. The maximum Gasteiger partial charge on any atom is 0.249 e. The van der Waals surface area contributed by atoms with E-state index in [4.69, 9.17) is 10.5 Å². The van der Waals surface area contributed by atoms with Crippen LogP contribution in [0, 0.1) is 0 Å². The molecule has 3 N–H and O–H groups in total. The topological polar surface area (TPSA) is 89.6 Å². The number of phenols is 1. The molecule has 174 valence electrons. The van der Waals surface area contributed by atoms with Gasteiger partial charge < -0.3 is 15.6 Å². The Labute approximate surface area is 188 Å². The van der Waals surface area contributed by atoms with E-state index in [1.54, 1.807) is 0 Å². The van der Waals surface area contributed by atoms with Crippen LogP contribution in [0.2, 0.25) is 0 Å². The minimum atomic E-state index is -0.703. The average Bonchev–Trinajstić information content (AvgIpc) is 2.75. The fourth-order valence-electron chi connectivity index (χ4n) is 3.74. The lowest BCUT2D eigenvalue weighted by Crippen LogP contribution is -2.17. The summed E-state index contributed by atoms with van der Waals surface area (Å²) in [6.45, 7) is 2.25. The average molecular weight is 432 g/mol. The van der Waals surface area contributed by atoms with Gasteiger partial charge in [-0.05, 0) is 44.2 Å². The molecule has 0 unspecified atom stereocenters. The Bertz CT molecular complexity index is 697. The van der Waals surface area contributed by atoms with Gasteiger partial charge in [0.2, 0.25) is 5.91 Å². The first kappa shape index (κ1) is 26.7. The van der Waals surface area contributed by atoms with Crippen LogP contribution in [-0.4, -0.2) is 23.9 Å². The zero-order valence-electron chi connectivity index (χ0n) is 19.5. The van der Waals surface area contributed by atoms with Gasteiger partial charge in [0.1, 0.15) is 0 Å². The maximum atomic E-state index is 12.6. The van der Waals surface area contributed by atoms with E-state index in [1.807, 2.05) is 0 Å². The number of Topliss-reactive ketones (excluding diaryl/α,β-unsaturated/α-hetero) is 1. The Morgan fingerprint density at radius 3 is 2.00 bits per heavy atom. The number of allylic oxidation sites excluding steroid dienone is 2. The van der Waals surface area contributed by atoms with Crippen LogP contribution in [0.25, 0.3) is 0 Å². The second kappa shape index (κ2) is 16.4. The largest absolute Gasteiger partial charge is 0.504 e. The first-order valence-corrected chi connectivity index (χ1v) is 11.9. The molecule has 0 aliphatic carbocycles. The highest BCUT2D eigenvalue weighted by molar-refractivity contribution is 6.10. The van der Waals surface area contributed by atoms with Crippen LogP contribution in [0.5, 0.6) is 11.5 Å². The highest BCUT2D eigenvalue weighted by atomic mass is 16.5. The van der Waals surface area contributed by atoms with Gasteiger partial charge in [-0.3, -0.25) is 9.59 Å². The summed E-state index contributed by atoms with van der Waals surface area (Å²) >= 11 is 0. The first-order valence-electron chi connectivity index (χ1n) is 11.9. The number of carbonyl (C=O) groups is 2. The lowest BCUT2D eigenvalue weighted by atomic mass is 9.97. The quantitative estimate of drug-likeness (QED) is 0.153. The van der Waals surface area contributed by atoms with Crippen molar-refractivity contribution in [1.29, 1.82) is 0 Å². The van der Waals surface area contributed by atoms with Gasteiger partial charge in [0.25, 0.3) is 0 Å². The minimum Gasteiger partial charge on any atom is -0.504 e. The summed E-state index contributed by atoms with van der Waals surface area (Å²) in [7, 11) is 1.36. The summed E-state index contributed by atoms with van der Waals surface area (Å²) in [6.07, 6.45) is 20.4. The number of primary amides is 1. The lowest BCUT2D eigenvalue weighted by Gasteiger charge is -2.12. The van der Waals surface area contributed by atoms with Gasteiger partial charge in [-0.1, -0.05) is 70.4 Å². The zero-order valence-corrected chi connectivity index (χ0v) is 19.5. The molecule has 1 rings (SSSR count). The van der Waals surface area contributed by atoms with Gasteiger partial charge in [0, 0.05) is 6.42 Å². The third kappa shape index (κ3) is 10.5. The van der Waals surface area contributed by atoms with E-state index < -0.39 is 5.91 Å². The van der Waals surface area contributed by atoms with Crippen molar-refractivity contribution in [1.82, 2.24) is 0 Å². The van der Waals surface area contributed by atoms with E-state index in [9.17, 15) is 14.7 Å². The molecule has 0 saturated carbocycles. The van der Waals surface area contributed by atoms with E-state index in [2.05, 4.69) is 19.1 Å². The SMILES string of the molecule is CCCCCCCC/C=C\CCCCCCCC(=O)c1c(C(N)=O)ccc(O)c1OC. The lowest BCUT2D eigenvalue weighted by molar-refractivity contribution is 0.0951. The molecule has 0 aliphatic heterocycles. The van der Waals surface area contributed by atoms with Crippen molar-refractivity contribution in [3.05, 3.63) is 35.4 Å². The Balaban J connectivity index is 2.20. The molecule has 0 fully saturated rings. The number of ether oxygens (including phenoxy) is 1. The van der Waals surface area contributed by atoms with Crippen LogP contribution >= 0.6 is 0 Å². The van der Waals surface area contributed by atoms with E-state index >= 15 is 0 Å². The Hall–Kier alpha value is -2.30. The molecule has 0 spiro atoms. The van der Waals surface area contributed by atoms with E-state index in [-0.39, 0.29) is 28.4 Å². The van der Waals surface area contributed by atoms with E-state index in [0.29, 0.717) is 6.42 Å². The predicted octanol–water partition coefficient (Wildman–Crippen LogP) is 6.72. The number of hydrogen-bond acceptors (Lipinski definition) is 4. The number of phenolic OH excluding ortho intramolecular Hbond substituents is 1. The van der Waals surface area contributed by atoms with Crippen molar-refractivity contribution in [2.24, 2.45) is 5.73 Å². The molecule has 0 atom stereocenters. The van der Waals surface area contributed by atoms with E-state index in [0.717, 1.165) is 32.1 Å². The predicted molar refractivity (Wildman–Crippen MR) is 127 cm³/mol. The highest BCUT2D eigenvalue weighted by Crippen LogP contribution is 2.33. The van der Waals surface area contributed by atoms with Crippen LogP contribution in [-0.2, 0) is 0 Å². The summed E-state index contributed by atoms with van der Waals surface area (Å²) in [5.74, 6) is -1.07. The molecule has 31 heavy (non-hydrogen) atoms. The molecule has 1 aromatic rings. The smallest absolute Gasteiger partial charge is 0.249 e. The molecule has 0 aromatic heterocycles. The van der Waals surface area contributed by atoms with Crippen molar-refractivity contribution in [3.63, 3.8) is 0 Å². The third-order valence-corrected chi connectivity index (χ3v) is 5.55. The summed E-state index contributed by atoms with van der Waals surface area (Å²) in [6, 6.07) is 2.69. The van der Waals surface area contributed by atoms with Gasteiger partial charge >= 0.3 is 0 Å². The number of carbonyl (C=O) groups excluding carboxylic acids is 2. The van der Waals surface area contributed by atoms with Crippen molar-refractivity contribution < 1.29 is 19.4 Å². The molecule has 0 bridgehead atoms. The first-order chi connectivity index (χ1) is 15.0. The molecule has 5 nitrogen and oxygen atoms in total. The number of aromatic hydroxyl groups is 1. The second-order valence-electron chi connectivity index (χ2n) is 8.16.